The first-order chi connectivity index (χ1) is 7.33. The molecule has 2 atom stereocenters. The molecule has 2 heteroatoms. The van der Waals surface area contributed by atoms with Crippen LogP contribution < -0.4 is 0 Å². The minimum absolute atomic E-state index is 0.334. The maximum atomic E-state index is 9.78. The number of ether oxygens (including phenoxy) is 1. The van der Waals surface area contributed by atoms with Gasteiger partial charge in [0.1, 0.15) is 5.76 Å². The molecule has 0 bridgehead atoms. The molecular formula is C13H20O2. The average molecular weight is 208 g/mol. The van der Waals surface area contributed by atoms with Gasteiger partial charge in [-0.3, -0.25) is 0 Å². The lowest BCUT2D eigenvalue weighted by atomic mass is 9.78. The van der Waals surface area contributed by atoms with Gasteiger partial charge in [-0.15, -0.1) is 0 Å². The van der Waals surface area contributed by atoms with Crippen molar-refractivity contribution in [1.29, 1.82) is 0 Å². The highest BCUT2D eigenvalue weighted by Gasteiger charge is 2.31. The van der Waals surface area contributed by atoms with E-state index in [1.165, 1.54) is 0 Å². The van der Waals surface area contributed by atoms with Gasteiger partial charge in [-0.2, -0.15) is 0 Å². The summed E-state index contributed by atoms with van der Waals surface area (Å²) in [5.41, 5.74) is 1.13. The van der Waals surface area contributed by atoms with Gasteiger partial charge < -0.3 is 9.84 Å². The third-order valence-electron chi connectivity index (χ3n) is 3.31. The van der Waals surface area contributed by atoms with Crippen molar-refractivity contribution >= 4 is 0 Å². The molecule has 0 fully saturated rings. The van der Waals surface area contributed by atoms with Crippen molar-refractivity contribution in [2.24, 2.45) is 5.92 Å². The maximum absolute atomic E-state index is 9.78. The standard InChI is InChI=1S/C13H20O2/c1-2-9-15-13-8-4-5-10-11(13)6-3-7-12(10)14/h5,7,11,13-14H,2-4,6,8-9H2,1H3. The lowest BCUT2D eigenvalue weighted by Gasteiger charge is -2.34. The maximum Gasteiger partial charge on any atom is 0.114 e. The van der Waals surface area contributed by atoms with Crippen LogP contribution in [-0.4, -0.2) is 17.8 Å². The molecule has 2 unspecified atom stereocenters. The van der Waals surface area contributed by atoms with Crippen LogP contribution in [0.15, 0.2) is 23.5 Å². The van der Waals surface area contributed by atoms with E-state index in [-0.39, 0.29) is 0 Å². The van der Waals surface area contributed by atoms with Gasteiger partial charge in [0.05, 0.1) is 6.10 Å². The van der Waals surface area contributed by atoms with E-state index in [2.05, 4.69) is 13.0 Å². The molecule has 2 rings (SSSR count). The van der Waals surface area contributed by atoms with Gasteiger partial charge in [-0.05, 0) is 43.8 Å². The zero-order valence-electron chi connectivity index (χ0n) is 9.41. The minimum Gasteiger partial charge on any atom is -0.508 e. The van der Waals surface area contributed by atoms with E-state index in [0.717, 1.165) is 44.3 Å². The molecule has 0 spiro atoms. The van der Waals surface area contributed by atoms with Crippen LogP contribution in [0.4, 0.5) is 0 Å². The lowest BCUT2D eigenvalue weighted by molar-refractivity contribution is 0.00959. The van der Waals surface area contributed by atoms with E-state index in [9.17, 15) is 5.11 Å². The third kappa shape index (κ3) is 2.25. The summed E-state index contributed by atoms with van der Waals surface area (Å²) >= 11 is 0. The normalized spacial score (nSPS) is 30.5. The zero-order chi connectivity index (χ0) is 10.7. The predicted molar refractivity (Wildman–Crippen MR) is 60.8 cm³/mol. The molecule has 0 aromatic rings. The van der Waals surface area contributed by atoms with Crippen LogP contribution in [0, 0.1) is 5.92 Å². The van der Waals surface area contributed by atoms with Crippen LogP contribution in [0.1, 0.15) is 39.0 Å². The number of hydrogen-bond acceptors (Lipinski definition) is 2. The van der Waals surface area contributed by atoms with Gasteiger partial charge in [0.25, 0.3) is 0 Å². The number of aliphatic hydroxyl groups excluding tert-OH is 1. The Morgan fingerprint density at radius 1 is 1.33 bits per heavy atom. The van der Waals surface area contributed by atoms with Crippen molar-refractivity contribution < 1.29 is 9.84 Å². The van der Waals surface area contributed by atoms with Crippen molar-refractivity contribution in [2.75, 3.05) is 6.61 Å². The minimum atomic E-state index is 0.334. The lowest BCUT2D eigenvalue weighted by Crippen LogP contribution is -2.31. The monoisotopic (exact) mass is 208 g/mol. The van der Waals surface area contributed by atoms with Crippen molar-refractivity contribution in [3.8, 4) is 0 Å². The summed E-state index contributed by atoms with van der Waals surface area (Å²) in [7, 11) is 0. The van der Waals surface area contributed by atoms with E-state index in [4.69, 9.17) is 4.74 Å². The SMILES string of the molecule is CCCOC1CCC=C2C(O)=CCCC21. The van der Waals surface area contributed by atoms with Crippen LogP contribution in [0.25, 0.3) is 0 Å². The second-order valence-corrected chi connectivity index (χ2v) is 4.42. The summed E-state index contributed by atoms with van der Waals surface area (Å²) < 4.78 is 5.87. The molecule has 0 aliphatic heterocycles. The molecule has 84 valence electrons. The Balaban J connectivity index is 2.06. The van der Waals surface area contributed by atoms with Gasteiger partial charge in [-0.1, -0.05) is 13.0 Å². The molecule has 0 saturated heterocycles. The summed E-state index contributed by atoms with van der Waals surface area (Å²) in [6.07, 6.45) is 9.79. The van der Waals surface area contributed by atoms with Gasteiger partial charge in [0, 0.05) is 12.5 Å². The van der Waals surface area contributed by atoms with Crippen LogP contribution in [0.3, 0.4) is 0 Å². The number of rotatable bonds is 3. The Kier molecular flexibility index (Phi) is 3.47. The number of aliphatic hydroxyl groups is 1. The van der Waals surface area contributed by atoms with E-state index in [1.807, 2.05) is 6.08 Å². The summed E-state index contributed by atoms with van der Waals surface area (Å²) in [6.45, 7) is 2.98. The number of fused-ring (bicyclic) bond motifs is 1. The van der Waals surface area contributed by atoms with Crippen molar-refractivity contribution in [3.63, 3.8) is 0 Å². The molecule has 0 aromatic heterocycles. The first-order valence-electron chi connectivity index (χ1n) is 6.04. The van der Waals surface area contributed by atoms with Crippen molar-refractivity contribution in [3.05, 3.63) is 23.5 Å². The molecule has 2 aliphatic rings. The quantitative estimate of drug-likeness (QED) is 0.770. The predicted octanol–water partition coefficient (Wildman–Crippen LogP) is 3.35. The summed E-state index contributed by atoms with van der Waals surface area (Å²) in [5, 5.41) is 9.78. The molecule has 0 heterocycles. The zero-order valence-corrected chi connectivity index (χ0v) is 9.41. The van der Waals surface area contributed by atoms with Gasteiger partial charge >= 0.3 is 0 Å². The van der Waals surface area contributed by atoms with Crippen LogP contribution >= 0.6 is 0 Å². The molecule has 2 aliphatic carbocycles. The molecule has 0 aromatic carbocycles. The highest BCUT2D eigenvalue weighted by Crippen LogP contribution is 2.37. The van der Waals surface area contributed by atoms with Crippen LogP contribution in [-0.2, 0) is 4.74 Å². The number of hydrogen-bond donors (Lipinski definition) is 1. The van der Waals surface area contributed by atoms with Gasteiger partial charge in [-0.25, -0.2) is 0 Å². The highest BCUT2D eigenvalue weighted by atomic mass is 16.5. The molecular weight excluding hydrogens is 188 g/mol. The second kappa shape index (κ2) is 4.84. The summed E-state index contributed by atoms with van der Waals surface area (Å²) in [6, 6.07) is 0. The van der Waals surface area contributed by atoms with E-state index < -0.39 is 0 Å². The van der Waals surface area contributed by atoms with Crippen LogP contribution in [0.5, 0.6) is 0 Å². The second-order valence-electron chi connectivity index (χ2n) is 4.42. The first kappa shape index (κ1) is 10.7. The average Bonchev–Trinajstić information content (AvgIpc) is 2.27. The Morgan fingerprint density at radius 3 is 2.93 bits per heavy atom. The Morgan fingerprint density at radius 2 is 2.13 bits per heavy atom. The van der Waals surface area contributed by atoms with E-state index >= 15 is 0 Å². The van der Waals surface area contributed by atoms with Gasteiger partial charge in [0.2, 0.25) is 0 Å². The van der Waals surface area contributed by atoms with Gasteiger partial charge in [0.15, 0.2) is 0 Å². The highest BCUT2D eigenvalue weighted by molar-refractivity contribution is 5.32. The van der Waals surface area contributed by atoms with E-state index in [0.29, 0.717) is 17.8 Å². The fourth-order valence-electron chi connectivity index (χ4n) is 2.58. The van der Waals surface area contributed by atoms with Crippen LogP contribution in [0.2, 0.25) is 0 Å². The number of allylic oxidation sites excluding steroid dienone is 3. The fraction of sp³-hybridized carbons (Fsp3) is 0.692. The topological polar surface area (TPSA) is 29.5 Å². The molecule has 0 saturated carbocycles. The summed E-state index contributed by atoms with van der Waals surface area (Å²) in [4.78, 5) is 0. The largest absolute Gasteiger partial charge is 0.508 e. The molecule has 0 amide bonds. The Labute approximate surface area is 91.6 Å². The molecule has 1 N–H and O–H groups in total. The third-order valence-corrected chi connectivity index (χ3v) is 3.31. The summed E-state index contributed by atoms with van der Waals surface area (Å²) in [5.74, 6) is 0.936. The Bertz CT molecular complexity index is 278. The fourth-order valence-corrected chi connectivity index (χ4v) is 2.58. The smallest absolute Gasteiger partial charge is 0.114 e. The van der Waals surface area contributed by atoms with E-state index in [1.54, 1.807) is 0 Å². The Hall–Kier alpha value is -0.760. The molecule has 0 radical (unpaired) electrons. The first-order valence-corrected chi connectivity index (χ1v) is 6.04. The van der Waals surface area contributed by atoms with Crippen molar-refractivity contribution in [2.45, 2.75) is 45.1 Å². The van der Waals surface area contributed by atoms with Crippen molar-refractivity contribution in [1.82, 2.24) is 0 Å². The molecule has 15 heavy (non-hydrogen) atoms. The molecule has 2 nitrogen and oxygen atoms in total.